The quantitative estimate of drug-likeness (QED) is 0.545. The molecule has 0 bridgehead atoms. The van der Waals surface area contributed by atoms with Crippen LogP contribution < -0.4 is 10.1 Å². The van der Waals surface area contributed by atoms with Crippen LogP contribution in [-0.2, 0) is 9.53 Å². The number of esters is 1. The number of carbonyl (C=O) groups is 2. The van der Waals surface area contributed by atoms with Gasteiger partial charge in [-0.2, -0.15) is 0 Å². The highest BCUT2D eigenvalue weighted by molar-refractivity contribution is 9.10. The van der Waals surface area contributed by atoms with Gasteiger partial charge in [-0.1, -0.05) is 42.8 Å². The molecule has 0 aromatic heterocycles. The zero-order chi connectivity index (χ0) is 20.7. The van der Waals surface area contributed by atoms with E-state index in [1.54, 1.807) is 24.3 Å². The largest absolute Gasteiger partial charge is 0.483 e. The molecule has 0 saturated carbocycles. The number of ether oxygens (including phenoxy) is 2. The van der Waals surface area contributed by atoms with Gasteiger partial charge in [0.25, 0.3) is 5.91 Å². The summed E-state index contributed by atoms with van der Waals surface area (Å²) in [6.45, 7) is 8.31. The van der Waals surface area contributed by atoms with Gasteiger partial charge in [-0.3, -0.25) is 4.79 Å². The molecule has 0 aliphatic carbocycles. The summed E-state index contributed by atoms with van der Waals surface area (Å²) >= 11 is 3.53. The van der Waals surface area contributed by atoms with Crippen LogP contribution in [0.25, 0.3) is 0 Å². The van der Waals surface area contributed by atoms with E-state index in [1.807, 2.05) is 26.0 Å². The summed E-state index contributed by atoms with van der Waals surface area (Å²) in [5.41, 5.74) is 3.00. The molecule has 2 rings (SSSR count). The van der Waals surface area contributed by atoms with E-state index in [-0.39, 0.29) is 18.4 Å². The normalized spacial score (nSPS) is 10.6. The first-order valence-electron chi connectivity index (χ1n) is 9.31. The van der Waals surface area contributed by atoms with Gasteiger partial charge < -0.3 is 14.8 Å². The van der Waals surface area contributed by atoms with Crippen molar-refractivity contribution in [3.8, 4) is 5.75 Å². The Labute approximate surface area is 174 Å². The van der Waals surface area contributed by atoms with Gasteiger partial charge >= 0.3 is 5.97 Å². The van der Waals surface area contributed by atoms with Crippen LogP contribution in [0.5, 0.6) is 5.75 Å². The van der Waals surface area contributed by atoms with Crippen LogP contribution in [0.4, 0.5) is 5.69 Å². The number of anilines is 1. The van der Waals surface area contributed by atoms with Crippen molar-refractivity contribution in [1.29, 1.82) is 0 Å². The molecule has 1 N–H and O–H groups in total. The molecule has 6 heteroatoms. The fraction of sp³-hybridized carbons (Fsp3) is 0.364. The summed E-state index contributed by atoms with van der Waals surface area (Å²) in [6.07, 6.45) is 0.757. The molecule has 2 aromatic rings. The summed E-state index contributed by atoms with van der Waals surface area (Å²) in [5.74, 6) is 0.263. The van der Waals surface area contributed by atoms with Crippen LogP contribution in [0.1, 0.15) is 54.6 Å². The van der Waals surface area contributed by atoms with Crippen molar-refractivity contribution < 1.29 is 19.1 Å². The van der Waals surface area contributed by atoms with Gasteiger partial charge in [0.1, 0.15) is 5.75 Å². The smallest absolute Gasteiger partial charge is 0.338 e. The molecule has 0 heterocycles. The fourth-order valence-corrected chi connectivity index (χ4v) is 2.95. The predicted octanol–water partition coefficient (Wildman–Crippen LogP) is 5.47. The Balaban J connectivity index is 2.02. The second-order valence-electron chi connectivity index (χ2n) is 6.85. The Kier molecular flexibility index (Phi) is 8.05. The molecule has 0 atom stereocenters. The average Bonchev–Trinajstić information content (AvgIpc) is 2.66. The molecule has 1 amide bonds. The minimum absolute atomic E-state index is 0.120. The third-order valence-corrected chi connectivity index (χ3v) is 4.95. The maximum Gasteiger partial charge on any atom is 0.338 e. The van der Waals surface area contributed by atoms with Crippen LogP contribution in [0.2, 0.25) is 0 Å². The van der Waals surface area contributed by atoms with Crippen LogP contribution in [0, 0.1) is 6.92 Å². The molecular formula is C22H26BrNO4. The summed E-state index contributed by atoms with van der Waals surface area (Å²) in [5, 5.41) is 2.76. The van der Waals surface area contributed by atoms with Crippen molar-refractivity contribution in [2.45, 2.75) is 40.0 Å². The summed E-state index contributed by atoms with van der Waals surface area (Å²) < 4.78 is 11.9. The number of hydrogen-bond acceptors (Lipinski definition) is 4. The van der Waals surface area contributed by atoms with E-state index >= 15 is 0 Å². The van der Waals surface area contributed by atoms with E-state index in [0.29, 0.717) is 23.6 Å². The van der Waals surface area contributed by atoms with Crippen LogP contribution in [0.3, 0.4) is 0 Å². The van der Waals surface area contributed by atoms with E-state index in [1.165, 1.54) is 0 Å². The number of hydrogen-bond donors (Lipinski definition) is 1. The van der Waals surface area contributed by atoms with Gasteiger partial charge in [-0.05, 0) is 60.7 Å². The van der Waals surface area contributed by atoms with Gasteiger partial charge in [-0.25, -0.2) is 4.79 Å². The number of rotatable bonds is 8. The Morgan fingerprint density at radius 2 is 1.93 bits per heavy atom. The van der Waals surface area contributed by atoms with E-state index in [0.717, 1.165) is 22.0 Å². The van der Waals surface area contributed by atoms with Crippen molar-refractivity contribution in [3.63, 3.8) is 0 Å². The van der Waals surface area contributed by atoms with Crippen molar-refractivity contribution in [2.24, 2.45) is 0 Å². The standard InChI is InChI=1S/C22H26BrNO4/c1-5-9-27-22(26)16-7-6-8-17(11-16)24-21(25)13-28-20-10-15(4)19(23)12-18(20)14(2)3/h6-8,10-12,14H,5,9,13H2,1-4H3,(H,24,25). The number of benzene rings is 2. The highest BCUT2D eigenvalue weighted by atomic mass is 79.9. The SMILES string of the molecule is CCCOC(=O)c1cccc(NC(=O)COc2cc(C)c(Br)cc2C(C)C)c1. The number of nitrogens with one attached hydrogen (secondary N) is 1. The molecule has 2 aromatic carbocycles. The monoisotopic (exact) mass is 447 g/mol. The fourth-order valence-electron chi connectivity index (χ4n) is 2.59. The predicted molar refractivity (Wildman–Crippen MR) is 114 cm³/mol. The zero-order valence-corrected chi connectivity index (χ0v) is 18.3. The number of amides is 1. The van der Waals surface area contributed by atoms with Crippen LogP contribution in [-0.4, -0.2) is 25.1 Å². The van der Waals surface area contributed by atoms with Crippen molar-refractivity contribution >= 4 is 33.5 Å². The third-order valence-electron chi connectivity index (χ3n) is 4.09. The van der Waals surface area contributed by atoms with Crippen LogP contribution >= 0.6 is 15.9 Å². The number of halogens is 1. The molecule has 5 nitrogen and oxygen atoms in total. The molecule has 0 fully saturated rings. The molecule has 0 unspecified atom stereocenters. The molecule has 0 aliphatic rings. The highest BCUT2D eigenvalue weighted by Crippen LogP contribution is 2.32. The minimum Gasteiger partial charge on any atom is -0.483 e. The second-order valence-corrected chi connectivity index (χ2v) is 7.70. The lowest BCUT2D eigenvalue weighted by molar-refractivity contribution is -0.118. The summed E-state index contributed by atoms with van der Waals surface area (Å²) in [7, 11) is 0. The van der Waals surface area contributed by atoms with E-state index < -0.39 is 5.97 Å². The first-order chi connectivity index (χ1) is 13.3. The Bertz CT molecular complexity index is 848. The lowest BCUT2D eigenvalue weighted by atomic mass is 10.0. The van der Waals surface area contributed by atoms with Gasteiger partial charge in [-0.15, -0.1) is 0 Å². The van der Waals surface area contributed by atoms with E-state index in [9.17, 15) is 9.59 Å². The number of carbonyl (C=O) groups excluding carboxylic acids is 2. The summed E-state index contributed by atoms with van der Waals surface area (Å²) in [6, 6.07) is 10.6. The topological polar surface area (TPSA) is 64.6 Å². The van der Waals surface area contributed by atoms with Gasteiger partial charge in [0.05, 0.1) is 12.2 Å². The zero-order valence-electron chi connectivity index (χ0n) is 16.7. The lowest BCUT2D eigenvalue weighted by Crippen LogP contribution is -2.21. The average molecular weight is 448 g/mol. The second kappa shape index (κ2) is 10.3. The first kappa shape index (κ1) is 22.0. The van der Waals surface area contributed by atoms with Gasteiger partial charge in [0, 0.05) is 10.2 Å². The maximum atomic E-state index is 12.3. The van der Waals surface area contributed by atoms with Gasteiger partial charge in [0.15, 0.2) is 6.61 Å². The maximum absolute atomic E-state index is 12.3. The van der Waals surface area contributed by atoms with Crippen molar-refractivity contribution in [3.05, 3.63) is 57.6 Å². The molecule has 0 spiro atoms. The molecule has 28 heavy (non-hydrogen) atoms. The van der Waals surface area contributed by atoms with E-state index in [2.05, 4.69) is 35.1 Å². The lowest BCUT2D eigenvalue weighted by Gasteiger charge is -2.16. The Morgan fingerprint density at radius 1 is 1.18 bits per heavy atom. The minimum atomic E-state index is -0.402. The summed E-state index contributed by atoms with van der Waals surface area (Å²) in [4.78, 5) is 24.3. The van der Waals surface area contributed by atoms with Crippen LogP contribution in [0.15, 0.2) is 40.9 Å². The molecule has 0 aliphatic heterocycles. The Morgan fingerprint density at radius 3 is 2.61 bits per heavy atom. The molecule has 150 valence electrons. The van der Waals surface area contributed by atoms with Crippen molar-refractivity contribution in [1.82, 2.24) is 0 Å². The molecule has 0 saturated heterocycles. The first-order valence-corrected chi connectivity index (χ1v) is 10.1. The number of aryl methyl sites for hydroxylation is 1. The van der Waals surface area contributed by atoms with Gasteiger partial charge in [0.2, 0.25) is 0 Å². The third kappa shape index (κ3) is 6.09. The van der Waals surface area contributed by atoms with Crippen molar-refractivity contribution in [2.75, 3.05) is 18.5 Å². The highest BCUT2D eigenvalue weighted by Gasteiger charge is 2.13. The Hall–Kier alpha value is -2.34. The molecular weight excluding hydrogens is 422 g/mol. The molecule has 0 radical (unpaired) electrons. The van der Waals surface area contributed by atoms with E-state index in [4.69, 9.17) is 9.47 Å².